The minimum absolute atomic E-state index is 0.106. The van der Waals surface area contributed by atoms with E-state index >= 15 is 0 Å². The molecule has 1 aliphatic carbocycles. The monoisotopic (exact) mass is 144 g/mol. The lowest BCUT2D eigenvalue weighted by Crippen LogP contribution is -2.24. The van der Waals surface area contributed by atoms with Gasteiger partial charge >= 0.3 is 0 Å². The smallest absolute Gasteiger partial charge is 0.0655 e. The van der Waals surface area contributed by atoms with Crippen LogP contribution in [0.2, 0.25) is 0 Å². The van der Waals surface area contributed by atoms with Gasteiger partial charge in [0.2, 0.25) is 0 Å². The van der Waals surface area contributed by atoms with Crippen molar-refractivity contribution in [2.75, 3.05) is 6.61 Å². The summed E-state index contributed by atoms with van der Waals surface area (Å²) < 4.78 is 0. The van der Waals surface area contributed by atoms with Crippen molar-refractivity contribution in [3.63, 3.8) is 0 Å². The first kappa shape index (κ1) is 8.02. The molecule has 10 heavy (non-hydrogen) atoms. The summed E-state index contributed by atoms with van der Waals surface area (Å²) >= 11 is 0. The van der Waals surface area contributed by atoms with Gasteiger partial charge in [-0.2, -0.15) is 0 Å². The molecule has 2 nitrogen and oxygen atoms in total. The predicted molar refractivity (Wildman–Crippen MR) is 39.7 cm³/mol. The molecular weight excluding hydrogens is 128 g/mol. The van der Waals surface area contributed by atoms with Gasteiger partial charge in [-0.3, -0.25) is 0 Å². The van der Waals surface area contributed by atoms with Gasteiger partial charge in [0.15, 0.2) is 0 Å². The molecule has 1 aliphatic rings. The summed E-state index contributed by atoms with van der Waals surface area (Å²) in [6, 6.07) is 0. The normalized spacial score (nSPS) is 22.8. The van der Waals surface area contributed by atoms with Crippen LogP contribution in [0.1, 0.15) is 33.1 Å². The molecule has 0 aromatic heterocycles. The fourth-order valence-corrected chi connectivity index (χ4v) is 1.27. The molecular formula is C8H16O2. The van der Waals surface area contributed by atoms with Crippen LogP contribution in [0, 0.1) is 5.41 Å². The van der Waals surface area contributed by atoms with Crippen LogP contribution in [-0.2, 0) is 0 Å². The van der Waals surface area contributed by atoms with Crippen LogP contribution >= 0.6 is 0 Å². The Kier molecular flexibility index (Phi) is 1.77. The van der Waals surface area contributed by atoms with Gasteiger partial charge in [-0.25, -0.2) is 0 Å². The molecule has 0 aromatic carbocycles. The average Bonchev–Trinajstić information content (AvgIpc) is 2.47. The molecule has 0 amide bonds. The molecule has 0 saturated heterocycles. The largest absolute Gasteiger partial charge is 0.396 e. The fourth-order valence-electron chi connectivity index (χ4n) is 1.27. The molecule has 0 radical (unpaired) electrons. The van der Waals surface area contributed by atoms with E-state index in [9.17, 15) is 5.11 Å². The third kappa shape index (κ3) is 1.96. The summed E-state index contributed by atoms with van der Waals surface area (Å²) in [5, 5.41) is 18.4. The highest BCUT2D eigenvalue weighted by molar-refractivity contribution is 4.96. The van der Waals surface area contributed by atoms with Crippen molar-refractivity contribution in [2.45, 2.75) is 38.7 Å². The highest BCUT2D eigenvalue weighted by Gasteiger charge is 2.44. The zero-order valence-electron chi connectivity index (χ0n) is 6.72. The summed E-state index contributed by atoms with van der Waals surface area (Å²) in [6.45, 7) is 4.11. The van der Waals surface area contributed by atoms with Crippen molar-refractivity contribution in [2.24, 2.45) is 5.41 Å². The second-order valence-corrected chi connectivity index (χ2v) is 4.22. The molecule has 0 unspecified atom stereocenters. The van der Waals surface area contributed by atoms with Crippen molar-refractivity contribution in [3.05, 3.63) is 0 Å². The van der Waals surface area contributed by atoms with E-state index in [-0.39, 0.29) is 12.0 Å². The van der Waals surface area contributed by atoms with Gasteiger partial charge in [-0.05, 0) is 24.7 Å². The zero-order valence-corrected chi connectivity index (χ0v) is 6.72. The summed E-state index contributed by atoms with van der Waals surface area (Å²) in [4.78, 5) is 0. The lowest BCUT2D eigenvalue weighted by Gasteiger charge is -2.24. The Bertz CT molecular complexity index is 125. The van der Waals surface area contributed by atoms with Crippen molar-refractivity contribution in [1.82, 2.24) is 0 Å². The summed E-state index contributed by atoms with van der Waals surface area (Å²) in [6.07, 6.45) is 2.56. The third-order valence-corrected chi connectivity index (χ3v) is 2.06. The second-order valence-electron chi connectivity index (χ2n) is 4.22. The number of aliphatic hydroxyl groups is 2. The predicted octanol–water partition coefficient (Wildman–Crippen LogP) is 0.920. The Morgan fingerprint density at radius 3 is 2.20 bits per heavy atom. The number of hydrogen-bond acceptors (Lipinski definition) is 2. The van der Waals surface area contributed by atoms with Crippen molar-refractivity contribution >= 4 is 0 Å². The molecule has 2 N–H and O–H groups in total. The molecule has 1 fully saturated rings. The van der Waals surface area contributed by atoms with Crippen LogP contribution < -0.4 is 0 Å². The molecule has 0 spiro atoms. The summed E-state index contributed by atoms with van der Waals surface area (Å²) in [5.74, 6) is 0. The molecule has 0 aliphatic heterocycles. The summed E-state index contributed by atoms with van der Waals surface area (Å²) in [7, 11) is 0. The number of aliphatic hydroxyl groups excluding tert-OH is 1. The SMILES string of the molecule is CC(C)(CO)CC1(O)CC1. The van der Waals surface area contributed by atoms with Crippen LogP contribution in [0.25, 0.3) is 0 Å². The highest BCUT2D eigenvalue weighted by Crippen LogP contribution is 2.44. The Hall–Kier alpha value is -0.0800. The topological polar surface area (TPSA) is 40.5 Å². The third-order valence-electron chi connectivity index (χ3n) is 2.06. The first-order chi connectivity index (χ1) is 4.47. The number of hydrogen-bond donors (Lipinski definition) is 2. The van der Waals surface area contributed by atoms with Gasteiger partial charge in [0.1, 0.15) is 0 Å². The minimum atomic E-state index is -0.424. The number of rotatable bonds is 3. The van der Waals surface area contributed by atoms with E-state index in [1.807, 2.05) is 13.8 Å². The van der Waals surface area contributed by atoms with E-state index in [1.54, 1.807) is 0 Å². The van der Waals surface area contributed by atoms with Crippen LogP contribution in [0.15, 0.2) is 0 Å². The van der Waals surface area contributed by atoms with Crippen LogP contribution in [-0.4, -0.2) is 22.4 Å². The molecule has 0 atom stereocenters. The molecule has 1 rings (SSSR count). The van der Waals surface area contributed by atoms with Gasteiger partial charge in [-0.1, -0.05) is 13.8 Å². The maximum atomic E-state index is 9.48. The second kappa shape index (κ2) is 2.21. The van der Waals surface area contributed by atoms with E-state index in [4.69, 9.17) is 5.11 Å². The van der Waals surface area contributed by atoms with E-state index < -0.39 is 5.60 Å². The van der Waals surface area contributed by atoms with Gasteiger partial charge in [0.25, 0.3) is 0 Å². The van der Waals surface area contributed by atoms with E-state index in [0.717, 1.165) is 19.3 Å². The maximum Gasteiger partial charge on any atom is 0.0655 e. The Labute approximate surface area is 61.9 Å². The Balaban J connectivity index is 2.36. The Morgan fingerprint density at radius 2 is 1.90 bits per heavy atom. The first-order valence-corrected chi connectivity index (χ1v) is 3.81. The molecule has 0 heterocycles. The zero-order chi connectivity index (χ0) is 7.83. The average molecular weight is 144 g/mol. The molecule has 1 saturated carbocycles. The fraction of sp³-hybridized carbons (Fsp3) is 1.00. The van der Waals surface area contributed by atoms with Gasteiger partial charge in [-0.15, -0.1) is 0 Å². The quantitative estimate of drug-likeness (QED) is 0.618. The lowest BCUT2D eigenvalue weighted by molar-refractivity contribution is 0.0569. The Morgan fingerprint density at radius 1 is 1.40 bits per heavy atom. The van der Waals surface area contributed by atoms with E-state index in [0.29, 0.717) is 0 Å². The van der Waals surface area contributed by atoms with Crippen LogP contribution in [0.5, 0.6) is 0 Å². The van der Waals surface area contributed by atoms with E-state index in [1.165, 1.54) is 0 Å². The van der Waals surface area contributed by atoms with Gasteiger partial charge in [0.05, 0.1) is 5.60 Å². The maximum absolute atomic E-state index is 9.48. The van der Waals surface area contributed by atoms with Crippen LogP contribution in [0.3, 0.4) is 0 Å². The minimum Gasteiger partial charge on any atom is -0.396 e. The molecule has 0 bridgehead atoms. The van der Waals surface area contributed by atoms with Crippen molar-refractivity contribution in [3.8, 4) is 0 Å². The molecule has 2 heteroatoms. The van der Waals surface area contributed by atoms with Gasteiger partial charge < -0.3 is 10.2 Å². The molecule has 60 valence electrons. The lowest BCUT2D eigenvalue weighted by atomic mass is 9.87. The van der Waals surface area contributed by atoms with Crippen molar-refractivity contribution < 1.29 is 10.2 Å². The van der Waals surface area contributed by atoms with Gasteiger partial charge in [0, 0.05) is 6.61 Å². The molecule has 0 aromatic rings. The first-order valence-electron chi connectivity index (χ1n) is 3.81. The standard InChI is InChI=1S/C8H16O2/c1-7(2,6-9)5-8(10)3-4-8/h9-10H,3-6H2,1-2H3. The van der Waals surface area contributed by atoms with Crippen molar-refractivity contribution in [1.29, 1.82) is 0 Å². The summed E-state index contributed by atoms with van der Waals surface area (Å²) in [5.41, 5.74) is -0.530. The highest BCUT2D eigenvalue weighted by atomic mass is 16.3. The van der Waals surface area contributed by atoms with Crippen LogP contribution in [0.4, 0.5) is 0 Å². The van der Waals surface area contributed by atoms with E-state index in [2.05, 4.69) is 0 Å².